The lowest BCUT2D eigenvalue weighted by Gasteiger charge is -2.45. The van der Waals surface area contributed by atoms with E-state index in [9.17, 15) is 14.4 Å². The predicted octanol–water partition coefficient (Wildman–Crippen LogP) is 4.66. The van der Waals surface area contributed by atoms with Gasteiger partial charge in [0.15, 0.2) is 5.69 Å². The summed E-state index contributed by atoms with van der Waals surface area (Å²) in [5.41, 5.74) is 12.6. The van der Waals surface area contributed by atoms with Crippen LogP contribution in [0.1, 0.15) is 95.5 Å². The highest BCUT2D eigenvalue weighted by Crippen LogP contribution is 2.51. The van der Waals surface area contributed by atoms with E-state index in [1.807, 2.05) is 22.9 Å². The fourth-order valence-corrected chi connectivity index (χ4v) is 9.14. The minimum atomic E-state index is -0.838. The highest BCUT2D eigenvalue weighted by molar-refractivity contribution is 5.92. The number of nitrogen functional groups attached to an aromatic ring is 1. The Kier molecular flexibility index (Phi) is 7.83. The number of pyridine rings is 1. The number of benzene rings is 1. The second-order valence-corrected chi connectivity index (χ2v) is 15.0. The molecule has 49 heavy (non-hydrogen) atoms. The molecule has 2 N–H and O–H groups in total. The summed E-state index contributed by atoms with van der Waals surface area (Å²) >= 11 is 0. The molecule has 2 fully saturated rings. The van der Waals surface area contributed by atoms with Crippen LogP contribution in [-0.4, -0.2) is 82.5 Å². The molecule has 12 heteroatoms. The van der Waals surface area contributed by atoms with Gasteiger partial charge in [0.05, 0.1) is 35.6 Å². The van der Waals surface area contributed by atoms with Crippen LogP contribution in [0.3, 0.4) is 0 Å². The largest absolute Gasteiger partial charge is 0.476 e. The molecule has 1 aromatic carbocycles. The van der Waals surface area contributed by atoms with Gasteiger partial charge in [-0.3, -0.25) is 14.4 Å². The van der Waals surface area contributed by atoms with Gasteiger partial charge >= 0.3 is 0 Å². The molecular weight excluding hydrogens is 623 g/mol. The van der Waals surface area contributed by atoms with Crippen LogP contribution in [0.2, 0.25) is 0 Å². The molecule has 2 aromatic heterocycles. The quantitative estimate of drug-likeness (QED) is 0.387. The zero-order valence-corrected chi connectivity index (χ0v) is 28.7. The molecule has 1 spiro atoms. The zero-order chi connectivity index (χ0) is 34.1. The first kappa shape index (κ1) is 32.0. The van der Waals surface area contributed by atoms with Gasteiger partial charge in [0.25, 0.3) is 5.91 Å². The number of carbonyl (C=O) groups excluding carboxylic acids is 1. The number of nitriles is 1. The SMILES string of the molecule is CC1CCC2(Cc3nc(OCC45CCCN4CC(F)C5)cc(N4CCCn5nc(C(=O)N(C)C)cc5C4)c3CO2)c2c1ccc(N)c2C#N. The number of halogens is 1. The number of fused-ring (bicyclic) bond motifs is 5. The molecule has 1 amide bonds. The summed E-state index contributed by atoms with van der Waals surface area (Å²) in [5.74, 6) is 0.681. The fourth-order valence-electron chi connectivity index (χ4n) is 9.14. The molecular formula is C37H45FN8O3. The van der Waals surface area contributed by atoms with Gasteiger partial charge in [-0.1, -0.05) is 13.0 Å². The third kappa shape index (κ3) is 5.33. The molecule has 0 saturated carbocycles. The van der Waals surface area contributed by atoms with Crippen LogP contribution >= 0.6 is 0 Å². The Morgan fingerprint density at radius 2 is 2.08 bits per heavy atom. The zero-order valence-electron chi connectivity index (χ0n) is 28.7. The number of nitrogens with zero attached hydrogens (tertiary/aromatic N) is 7. The summed E-state index contributed by atoms with van der Waals surface area (Å²) in [5, 5.41) is 14.9. The standard InChI is InChI=1S/C37H45FN8O3/c1-23-8-10-37(34-26(23)6-7-29(40)27(34)18-39)17-31-28(21-49-37)32(15-33(41-31)48-22-36-9-4-12-45(36)19-24(38)16-36)44-11-5-13-46-25(20-44)14-30(42-46)35(47)43(2)3/h6-7,14-15,23-24H,4-5,8-13,16-17,19-22,40H2,1-3H3. The number of rotatable bonds is 5. The van der Waals surface area contributed by atoms with E-state index >= 15 is 0 Å². The lowest BCUT2D eigenvalue weighted by atomic mass is 9.69. The lowest BCUT2D eigenvalue weighted by Crippen LogP contribution is -2.44. The maximum Gasteiger partial charge on any atom is 0.273 e. The van der Waals surface area contributed by atoms with E-state index < -0.39 is 11.8 Å². The first-order valence-corrected chi connectivity index (χ1v) is 17.6. The molecule has 258 valence electrons. The monoisotopic (exact) mass is 668 g/mol. The molecule has 4 unspecified atom stereocenters. The number of ether oxygens (including phenoxy) is 2. The predicted molar refractivity (Wildman–Crippen MR) is 182 cm³/mol. The Hall–Kier alpha value is -4.21. The summed E-state index contributed by atoms with van der Waals surface area (Å²) in [7, 11) is 3.47. The highest BCUT2D eigenvalue weighted by atomic mass is 19.1. The van der Waals surface area contributed by atoms with Gasteiger partial charge in [0.2, 0.25) is 5.88 Å². The van der Waals surface area contributed by atoms with Gasteiger partial charge < -0.3 is 25.0 Å². The van der Waals surface area contributed by atoms with Gasteiger partial charge in [0.1, 0.15) is 24.4 Å². The summed E-state index contributed by atoms with van der Waals surface area (Å²) < 4.78 is 30.1. The molecule has 11 nitrogen and oxygen atoms in total. The molecule has 0 bridgehead atoms. The van der Waals surface area contributed by atoms with Crippen LogP contribution in [0.25, 0.3) is 0 Å². The van der Waals surface area contributed by atoms with Crippen molar-refractivity contribution in [3.8, 4) is 11.9 Å². The number of aromatic nitrogens is 3. The van der Waals surface area contributed by atoms with Crippen LogP contribution in [0.4, 0.5) is 15.8 Å². The molecule has 1 aliphatic carbocycles. The van der Waals surface area contributed by atoms with Crippen molar-refractivity contribution >= 4 is 17.3 Å². The number of hydrogen-bond donors (Lipinski definition) is 1. The van der Waals surface area contributed by atoms with Gasteiger partial charge in [-0.25, -0.2) is 9.37 Å². The number of anilines is 2. The minimum Gasteiger partial charge on any atom is -0.476 e. The maximum absolute atomic E-state index is 14.6. The average molecular weight is 669 g/mol. The van der Waals surface area contributed by atoms with E-state index in [-0.39, 0.29) is 17.4 Å². The van der Waals surface area contributed by atoms with Gasteiger partial charge in [-0.15, -0.1) is 0 Å². The summed E-state index contributed by atoms with van der Waals surface area (Å²) in [6.45, 7) is 6.32. The van der Waals surface area contributed by atoms with E-state index in [2.05, 4.69) is 34.0 Å². The number of carbonyl (C=O) groups is 1. The molecule has 2 saturated heterocycles. The van der Waals surface area contributed by atoms with Gasteiger partial charge in [-0.2, -0.15) is 10.4 Å². The van der Waals surface area contributed by atoms with E-state index in [1.165, 1.54) is 0 Å². The minimum absolute atomic E-state index is 0.120. The smallest absolute Gasteiger partial charge is 0.273 e. The van der Waals surface area contributed by atoms with Crippen LogP contribution in [0.5, 0.6) is 5.88 Å². The Balaban J connectivity index is 1.19. The third-order valence-corrected chi connectivity index (χ3v) is 11.7. The van der Waals surface area contributed by atoms with Crippen molar-refractivity contribution in [2.45, 2.75) is 94.8 Å². The molecule has 6 heterocycles. The molecule has 0 radical (unpaired) electrons. The second kappa shape index (κ2) is 12.0. The number of alkyl halides is 1. The third-order valence-electron chi connectivity index (χ3n) is 11.7. The Morgan fingerprint density at radius 3 is 2.90 bits per heavy atom. The van der Waals surface area contributed by atoms with Crippen molar-refractivity contribution < 1.29 is 18.7 Å². The number of hydrogen-bond acceptors (Lipinski definition) is 9. The number of aryl methyl sites for hydroxylation is 1. The maximum atomic E-state index is 14.6. The van der Waals surface area contributed by atoms with E-state index in [4.69, 9.17) is 20.2 Å². The summed E-state index contributed by atoms with van der Waals surface area (Å²) in [6, 6.07) is 10.2. The van der Waals surface area contributed by atoms with Crippen LogP contribution < -0.4 is 15.4 Å². The van der Waals surface area contributed by atoms with Gasteiger partial charge in [0, 0.05) is 75.1 Å². The number of nitrogens with two attached hydrogens (primary N) is 1. The molecule has 4 atom stereocenters. The van der Waals surface area contributed by atoms with Gasteiger partial charge in [-0.05, 0) is 62.3 Å². The molecule has 4 aliphatic heterocycles. The Bertz CT molecular complexity index is 1850. The molecule has 3 aromatic rings. The highest BCUT2D eigenvalue weighted by Gasteiger charge is 2.50. The summed E-state index contributed by atoms with van der Waals surface area (Å²) in [4.78, 5) is 24.1. The Labute approximate surface area is 286 Å². The van der Waals surface area contributed by atoms with Crippen molar-refractivity contribution in [2.75, 3.05) is 51.0 Å². The Morgan fingerprint density at radius 1 is 1.22 bits per heavy atom. The van der Waals surface area contributed by atoms with Crippen molar-refractivity contribution in [1.29, 1.82) is 5.26 Å². The number of amides is 1. The van der Waals surface area contributed by atoms with Crippen molar-refractivity contribution in [3.63, 3.8) is 0 Å². The normalized spacial score (nSPS) is 27.5. The van der Waals surface area contributed by atoms with E-state index in [1.54, 1.807) is 19.0 Å². The van der Waals surface area contributed by atoms with Crippen LogP contribution in [0.15, 0.2) is 24.3 Å². The van der Waals surface area contributed by atoms with Crippen molar-refractivity contribution in [3.05, 3.63) is 63.6 Å². The van der Waals surface area contributed by atoms with Crippen molar-refractivity contribution in [1.82, 2.24) is 24.6 Å². The van der Waals surface area contributed by atoms with E-state index in [0.29, 0.717) is 68.5 Å². The van der Waals surface area contributed by atoms with Crippen LogP contribution in [-0.2, 0) is 36.5 Å². The molecule has 5 aliphatic rings. The average Bonchev–Trinajstić information content (AvgIpc) is 3.71. The van der Waals surface area contributed by atoms with Crippen molar-refractivity contribution in [2.24, 2.45) is 0 Å². The molecule has 8 rings (SSSR count). The fraction of sp³-hybridized carbons (Fsp3) is 0.568. The second-order valence-electron chi connectivity index (χ2n) is 15.0. The first-order chi connectivity index (χ1) is 23.6. The van der Waals surface area contributed by atoms with E-state index in [0.717, 1.165) is 79.0 Å². The first-order valence-electron chi connectivity index (χ1n) is 17.6. The lowest BCUT2D eigenvalue weighted by molar-refractivity contribution is -0.0871. The van der Waals surface area contributed by atoms with Crippen LogP contribution in [0, 0.1) is 11.3 Å². The summed E-state index contributed by atoms with van der Waals surface area (Å²) in [6.07, 6.45) is 4.61. The topological polar surface area (TPSA) is 126 Å².